The van der Waals surface area contributed by atoms with E-state index >= 15 is 0 Å². The van der Waals surface area contributed by atoms with Gasteiger partial charge >= 0.3 is 6.08 Å². The van der Waals surface area contributed by atoms with E-state index in [0.29, 0.717) is 42.3 Å². The molecule has 0 atom stereocenters. The predicted molar refractivity (Wildman–Crippen MR) is 147 cm³/mol. The molecule has 2 N–H and O–H groups in total. The van der Waals surface area contributed by atoms with Gasteiger partial charge in [0.1, 0.15) is 10.8 Å². The summed E-state index contributed by atoms with van der Waals surface area (Å²) >= 11 is 1.61. The smallest absolute Gasteiger partial charge is 0.312 e. The van der Waals surface area contributed by atoms with E-state index in [1.807, 2.05) is 28.7 Å². The first kappa shape index (κ1) is 25.5. The van der Waals surface area contributed by atoms with Gasteiger partial charge in [-0.1, -0.05) is 0 Å². The minimum absolute atomic E-state index is 0.00664. The second-order valence-corrected chi connectivity index (χ2v) is 11.7. The lowest BCUT2D eigenvalue weighted by Gasteiger charge is -2.31. The molecule has 1 aliphatic carbocycles. The number of fused-ring (bicyclic) bond motifs is 2. The maximum atomic E-state index is 14.3. The molecule has 1 amide bonds. The number of hydrogen-bond donors (Lipinski definition) is 1. The number of ketones is 1. The summed E-state index contributed by atoms with van der Waals surface area (Å²) in [4.78, 5) is 44.5. The first-order valence-corrected chi connectivity index (χ1v) is 14.1. The van der Waals surface area contributed by atoms with Crippen LogP contribution in [0.4, 0.5) is 10.2 Å². The molecule has 1 aromatic carbocycles. The molecule has 4 aromatic rings. The highest BCUT2D eigenvalue weighted by Gasteiger charge is 2.26. The average Bonchev–Trinajstić information content (AvgIpc) is 3.60. The van der Waals surface area contributed by atoms with Crippen LogP contribution < -0.4 is 5.73 Å². The van der Waals surface area contributed by atoms with E-state index in [1.165, 1.54) is 0 Å². The molecule has 0 unspecified atom stereocenters. The number of piperidine rings is 1. The molecule has 202 valence electrons. The number of likely N-dealkylation sites (tertiary alicyclic amines) is 1. The highest BCUT2D eigenvalue weighted by Crippen LogP contribution is 2.35. The number of hydrogen-bond acceptors (Lipinski definition) is 8. The van der Waals surface area contributed by atoms with Gasteiger partial charge in [0.25, 0.3) is 0 Å². The summed E-state index contributed by atoms with van der Waals surface area (Å²) in [6.07, 6.45) is 5.32. The third kappa shape index (κ3) is 4.91. The Kier molecular flexibility index (Phi) is 6.62. The first-order chi connectivity index (χ1) is 18.8. The number of Topliss-reactive ketones (excluding diaryl/α,β-unsaturated/α-hetero) is 1. The number of carbonyl (C=O) groups excluding carboxylic acids is 2. The minimum Gasteiger partial charge on any atom is -0.382 e. The Bertz CT molecular complexity index is 1600. The predicted octanol–water partition coefficient (Wildman–Crippen LogP) is 4.35. The number of halogens is 1. The van der Waals surface area contributed by atoms with Crippen molar-refractivity contribution in [2.45, 2.75) is 58.9 Å². The van der Waals surface area contributed by atoms with Crippen LogP contribution in [0.15, 0.2) is 18.3 Å². The van der Waals surface area contributed by atoms with Gasteiger partial charge in [-0.15, -0.1) is 11.3 Å². The number of nitrogens with two attached hydrogens (primary N) is 1. The summed E-state index contributed by atoms with van der Waals surface area (Å²) in [6, 6.07) is 4.07. The highest BCUT2D eigenvalue weighted by atomic mass is 32.1. The minimum atomic E-state index is -0.885. The van der Waals surface area contributed by atoms with Crippen LogP contribution >= 0.6 is 11.3 Å². The fraction of sp³-hybridized carbons (Fsp3) is 0.429. The van der Waals surface area contributed by atoms with Crippen LogP contribution in [0.1, 0.15) is 64.8 Å². The third-order valence-corrected chi connectivity index (χ3v) is 8.89. The normalized spacial score (nSPS) is 15.9. The number of nitrogen functional groups attached to an aromatic ring is 1. The number of benzene rings is 1. The number of aromatic nitrogens is 5. The Morgan fingerprint density at radius 2 is 1.95 bits per heavy atom. The molecule has 4 heterocycles. The van der Waals surface area contributed by atoms with Crippen LogP contribution in [-0.2, 0) is 24.2 Å². The lowest BCUT2D eigenvalue weighted by molar-refractivity contribution is -0.130. The van der Waals surface area contributed by atoms with Crippen molar-refractivity contribution in [3.8, 4) is 10.6 Å². The molecule has 39 heavy (non-hydrogen) atoms. The van der Waals surface area contributed by atoms with Gasteiger partial charge in [0.2, 0.25) is 5.91 Å². The second-order valence-electron chi connectivity index (χ2n) is 10.5. The molecule has 1 saturated heterocycles. The second kappa shape index (κ2) is 10.1. The Labute approximate surface area is 229 Å². The molecule has 0 radical (unpaired) electrons. The zero-order chi connectivity index (χ0) is 27.3. The monoisotopic (exact) mass is 547 g/mol. The van der Waals surface area contributed by atoms with Crippen LogP contribution in [-0.4, -0.2) is 54.2 Å². The SMILES string of the molecule is CC(=O)N1CCC(CCn2c(Cc3cc4c(cc3-c3ncc(C)s3)CCC4=O)nc3c(N)nc(F)nc32)CC1. The van der Waals surface area contributed by atoms with Crippen LogP contribution in [0.2, 0.25) is 0 Å². The summed E-state index contributed by atoms with van der Waals surface area (Å²) in [5.41, 5.74) is 10.6. The van der Waals surface area contributed by atoms with Crippen molar-refractivity contribution in [1.29, 1.82) is 0 Å². The molecule has 1 fully saturated rings. The van der Waals surface area contributed by atoms with Gasteiger partial charge in [0.15, 0.2) is 22.8 Å². The van der Waals surface area contributed by atoms with Crippen LogP contribution in [0.3, 0.4) is 0 Å². The van der Waals surface area contributed by atoms with Gasteiger partial charge in [0.05, 0.1) is 0 Å². The summed E-state index contributed by atoms with van der Waals surface area (Å²) in [7, 11) is 0. The van der Waals surface area contributed by atoms with Crippen molar-refractivity contribution in [3.63, 3.8) is 0 Å². The van der Waals surface area contributed by atoms with Crippen molar-refractivity contribution in [1.82, 2.24) is 29.4 Å². The maximum absolute atomic E-state index is 14.3. The van der Waals surface area contributed by atoms with Gasteiger partial charge < -0.3 is 15.2 Å². The van der Waals surface area contributed by atoms with E-state index in [4.69, 9.17) is 10.7 Å². The van der Waals surface area contributed by atoms with E-state index < -0.39 is 6.08 Å². The lowest BCUT2D eigenvalue weighted by atomic mass is 9.93. The molecule has 9 nitrogen and oxygen atoms in total. The number of thiazole rings is 1. The average molecular weight is 548 g/mol. The molecule has 0 saturated carbocycles. The van der Waals surface area contributed by atoms with Crippen molar-refractivity contribution < 1.29 is 14.0 Å². The topological polar surface area (TPSA) is 120 Å². The zero-order valence-corrected chi connectivity index (χ0v) is 22.9. The molecule has 11 heteroatoms. The Balaban J connectivity index is 1.37. The number of carbonyl (C=O) groups is 2. The lowest BCUT2D eigenvalue weighted by Crippen LogP contribution is -2.37. The standard InChI is InChI=1S/C28H30FN7O2S/c1-15-14-31-27(39-15)21-11-18-3-4-22(38)20(18)12-19(21)13-23-32-24-25(30)33-28(29)34-26(24)36(23)10-7-17-5-8-35(9-6-17)16(2)37/h11-12,14,17H,3-10,13H2,1-2H3,(H2,30,33,34). The molecular weight excluding hydrogens is 517 g/mol. The molecule has 1 aliphatic heterocycles. The van der Waals surface area contributed by atoms with Crippen LogP contribution in [0.5, 0.6) is 0 Å². The van der Waals surface area contributed by atoms with Crippen molar-refractivity contribution in [2.24, 2.45) is 5.92 Å². The van der Waals surface area contributed by atoms with Gasteiger partial charge in [-0.25, -0.2) is 9.97 Å². The molecule has 2 aliphatic rings. The van der Waals surface area contributed by atoms with Gasteiger partial charge in [-0.3, -0.25) is 9.59 Å². The molecule has 0 bridgehead atoms. The fourth-order valence-corrected chi connectivity index (χ4v) is 6.61. The maximum Gasteiger partial charge on any atom is 0.312 e. The van der Waals surface area contributed by atoms with Crippen molar-refractivity contribution in [2.75, 3.05) is 18.8 Å². The summed E-state index contributed by atoms with van der Waals surface area (Å²) < 4.78 is 16.2. The zero-order valence-electron chi connectivity index (χ0n) is 22.0. The fourth-order valence-electron chi connectivity index (χ4n) is 5.79. The van der Waals surface area contributed by atoms with Gasteiger partial charge in [-0.05, 0) is 61.8 Å². The van der Waals surface area contributed by atoms with Crippen LogP contribution in [0, 0.1) is 18.9 Å². The summed E-state index contributed by atoms with van der Waals surface area (Å²) in [6.45, 7) is 5.72. The number of aryl methyl sites for hydroxylation is 3. The van der Waals surface area contributed by atoms with E-state index in [1.54, 1.807) is 18.3 Å². The third-order valence-electron chi connectivity index (χ3n) is 7.95. The van der Waals surface area contributed by atoms with Crippen molar-refractivity contribution in [3.05, 3.63) is 51.8 Å². The van der Waals surface area contributed by atoms with Gasteiger partial charge in [-0.2, -0.15) is 14.4 Å². The summed E-state index contributed by atoms with van der Waals surface area (Å²) in [5, 5.41) is 0.898. The number of amides is 1. The van der Waals surface area contributed by atoms with Crippen molar-refractivity contribution >= 4 is 40.0 Å². The highest BCUT2D eigenvalue weighted by molar-refractivity contribution is 7.15. The first-order valence-electron chi connectivity index (χ1n) is 13.3. The van der Waals surface area contributed by atoms with E-state index in [2.05, 4.69) is 21.0 Å². The Morgan fingerprint density at radius 3 is 2.67 bits per heavy atom. The van der Waals surface area contributed by atoms with E-state index in [0.717, 1.165) is 70.9 Å². The molecular formula is C28H30FN7O2S. The Morgan fingerprint density at radius 1 is 1.15 bits per heavy atom. The quantitative estimate of drug-likeness (QED) is 0.357. The van der Waals surface area contributed by atoms with Gasteiger partial charge in [0, 0.05) is 61.6 Å². The molecule has 6 rings (SSSR count). The summed E-state index contributed by atoms with van der Waals surface area (Å²) in [5.74, 6) is 1.39. The number of imidazole rings is 1. The number of rotatable bonds is 6. The number of anilines is 1. The molecule has 3 aromatic heterocycles. The number of nitrogens with zero attached hydrogens (tertiary/aromatic N) is 6. The van der Waals surface area contributed by atoms with Crippen LogP contribution in [0.25, 0.3) is 21.7 Å². The van der Waals surface area contributed by atoms with E-state index in [-0.39, 0.29) is 17.5 Å². The Hall–Kier alpha value is -3.73. The molecule has 0 spiro atoms. The largest absolute Gasteiger partial charge is 0.382 e. The van der Waals surface area contributed by atoms with E-state index in [9.17, 15) is 14.0 Å².